The number of imide groups is 1. The van der Waals surface area contributed by atoms with Crippen LogP contribution in [0.2, 0.25) is 0 Å². The summed E-state index contributed by atoms with van der Waals surface area (Å²) in [5.74, 6) is -0.369. The lowest BCUT2D eigenvalue weighted by Crippen LogP contribution is -2.37. The van der Waals surface area contributed by atoms with Crippen LogP contribution in [0.3, 0.4) is 0 Å². The SMILES string of the molecule is O=C(COC(=O)c1ccc[nH]1)NC(=O)Nc1ccc2c(c1)OCO2. The topological polar surface area (TPSA) is 119 Å². The number of ether oxygens (including phenoxy) is 3. The summed E-state index contributed by atoms with van der Waals surface area (Å²) in [5, 5.41) is 4.51. The van der Waals surface area contributed by atoms with E-state index in [9.17, 15) is 14.4 Å². The number of rotatable bonds is 4. The molecule has 1 aliphatic heterocycles. The van der Waals surface area contributed by atoms with Gasteiger partial charge in [0.1, 0.15) is 5.69 Å². The molecule has 1 aromatic carbocycles. The second kappa shape index (κ2) is 6.73. The van der Waals surface area contributed by atoms with Gasteiger partial charge in [0, 0.05) is 18.0 Å². The van der Waals surface area contributed by atoms with Crippen LogP contribution in [0.5, 0.6) is 11.5 Å². The predicted octanol–water partition coefficient (Wildman–Crippen LogP) is 1.25. The molecule has 1 aliphatic rings. The highest BCUT2D eigenvalue weighted by atomic mass is 16.7. The lowest BCUT2D eigenvalue weighted by atomic mass is 10.3. The number of amides is 3. The maximum Gasteiger partial charge on any atom is 0.355 e. The third kappa shape index (κ3) is 3.64. The highest BCUT2D eigenvalue weighted by Gasteiger charge is 2.16. The van der Waals surface area contributed by atoms with E-state index in [1.807, 2.05) is 5.32 Å². The van der Waals surface area contributed by atoms with Gasteiger partial charge in [-0.05, 0) is 24.3 Å². The first-order valence-electron chi connectivity index (χ1n) is 6.93. The highest BCUT2D eigenvalue weighted by Crippen LogP contribution is 2.34. The van der Waals surface area contributed by atoms with Gasteiger partial charge in [-0.15, -0.1) is 0 Å². The molecule has 2 aromatic rings. The highest BCUT2D eigenvalue weighted by molar-refractivity contribution is 6.02. The number of aromatic nitrogens is 1. The number of urea groups is 1. The Kier molecular flexibility index (Phi) is 4.32. The average Bonchev–Trinajstić information content (AvgIpc) is 3.23. The van der Waals surface area contributed by atoms with Gasteiger partial charge in [-0.1, -0.05) is 0 Å². The molecule has 0 saturated heterocycles. The molecule has 0 aliphatic carbocycles. The molecule has 9 nitrogen and oxygen atoms in total. The summed E-state index contributed by atoms with van der Waals surface area (Å²) in [6, 6.07) is 7.18. The van der Waals surface area contributed by atoms with Crippen LogP contribution in [0.1, 0.15) is 10.5 Å². The van der Waals surface area contributed by atoms with Crippen molar-refractivity contribution in [2.45, 2.75) is 0 Å². The summed E-state index contributed by atoms with van der Waals surface area (Å²) in [6.07, 6.45) is 1.55. The second-order valence-electron chi connectivity index (χ2n) is 4.73. The summed E-state index contributed by atoms with van der Waals surface area (Å²) in [5.41, 5.74) is 0.639. The average molecular weight is 331 g/mol. The predicted molar refractivity (Wildman–Crippen MR) is 80.8 cm³/mol. The number of carbonyl (C=O) groups excluding carboxylic acids is 3. The van der Waals surface area contributed by atoms with Crippen LogP contribution in [0.4, 0.5) is 10.5 Å². The van der Waals surface area contributed by atoms with E-state index in [0.717, 1.165) is 0 Å². The number of benzene rings is 1. The lowest BCUT2D eigenvalue weighted by Gasteiger charge is -2.07. The van der Waals surface area contributed by atoms with Crippen molar-refractivity contribution in [2.75, 3.05) is 18.7 Å². The fraction of sp³-hybridized carbons (Fsp3) is 0.133. The van der Waals surface area contributed by atoms with Gasteiger partial charge in [-0.2, -0.15) is 0 Å². The van der Waals surface area contributed by atoms with E-state index in [0.29, 0.717) is 17.2 Å². The Morgan fingerprint density at radius 1 is 1.17 bits per heavy atom. The Labute approximate surface area is 135 Å². The first kappa shape index (κ1) is 15.4. The largest absolute Gasteiger partial charge is 0.454 e. The molecule has 0 bridgehead atoms. The summed E-state index contributed by atoms with van der Waals surface area (Å²) in [7, 11) is 0. The minimum absolute atomic E-state index is 0.121. The number of nitrogens with one attached hydrogen (secondary N) is 3. The van der Waals surface area contributed by atoms with Crippen LogP contribution in [-0.4, -0.2) is 36.3 Å². The minimum atomic E-state index is -0.756. The molecule has 9 heteroatoms. The molecular weight excluding hydrogens is 318 g/mol. The van der Waals surface area contributed by atoms with E-state index in [1.54, 1.807) is 30.5 Å². The quantitative estimate of drug-likeness (QED) is 0.726. The Bertz CT molecular complexity index is 772. The third-order valence-electron chi connectivity index (χ3n) is 3.04. The Morgan fingerprint density at radius 3 is 2.79 bits per heavy atom. The van der Waals surface area contributed by atoms with Crippen LogP contribution < -0.4 is 20.1 Å². The molecule has 0 radical (unpaired) electrons. The van der Waals surface area contributed by atoms with Gasteiger partial charge in [0.25, 0.3) is 5.91 Å². The summed E-state index contributed by atoms with van der Waals surface area (Å²) >= 11 is 0. The fourth-order valence-corrected chi connectivity index (χ4v) is 1.97. The molecule has 0 unspecified atom stereocenters. The van der Waals surface area contributed by atoms with Gasteiger partial charge >= 0.3 is 12.0 Å². The first-order valence-corrected chi connectivity index (χ1v) is 6.93. The second-order valence-corrected chi connectivity index (χ2v) is 4.73. The number of anilines is 1. The molecule has 1 aromatic heterocycles. The summed E-state index contributed by atoms with van der Waals surface area (Å²) in [6.45, 7) is -0.456. The molecule has 0 spiro atoms. The van der Waals surface area contributed by atoms with Crippen LogP contribution >= 0.6 is 0 Å². The minimum Gasteiger partial charge on any atom is -0.454 e. The number of hydrogen-bond donors (Lipinski definition) is 3. The van der Waals surface area contributed by atoms with E-state index in [1.165, 1.54) is 6.07 Å². The van der Waals surface area contributed by atoms with Crippen molar-refractivity contribution in [3.8, 4) is 11.5 Å². The van der Waals surface area contributed by atoms with E-state index in [-0.39, 0.29) is 12.5 Å². The normalized spacial score (nSPS) is 11.7. The van der Waals surface area contributed by atoms with Crippen molar-refractivity contribution >= 4 is 23.6 Å². The van der Waals surface area contributed by atoms with Crippen LogP contribution in [0, 0.1) is 0 Å². The smallest absolute Gasteiger partial charge is 0.355 e. The zero-order valence-corrected chi connectivity index (χ0v) is 12.3. The van der Waals surface area contributed by atoms with Crippen molar-refractivity contribution in [1.82, 2.24) is 10.3 Å². The summed E-state index contributed by atoms with van der Waals surface area (Å²) < 4.78 is 15.1. The molecule has 2 heterocycles. The van der Waals surface area contributed by atoms with Crippen molar-refractivity contribution in [3.05, 3.63) is 42.2 Å². The van der Waals surface area contributed by atoms with Crippen molar-refractivity contribution in [3.63, 3.8) is 0 Å². The molecular formula is C15H13N3O6. The van der Waals surface area contributed by atoms with Crippen molar-refractivity contribution < 1.29 is 28.6 Å². The van der Waals surface area contributed by atoms with E-state index >= 15 is 0 Å². The maximum absolute atomic E-state index is 11.7. The van der Waals surface area contributed by atoms with Gasteiger partial charge < -0.3 is 24.5 Å². The van der Waals surface area contributed by atoms with E-state index < -0.39 is 24.5 Å². The molecule has 0 fully saturated rings. The van der Waals surface area contributed by atoms with Gasteiger partial charge in [-0.3, -0.25) is 10.1 Å². The van der Waals surface area contributed by atoms with Gasteiger partial charge in [0.2, 0.25) is 6.79 Å². The number of fused-ring (bicyclic) bond motifs is 1. The van der Waals surface area contributed by atoms with Crippen LogP contribution in [-0.2, 0) is 9.53 Å². The Morgan fingerprint density at radius 2 is 2.00 bits per heavy atom. The molecule has 124 valence electrons. The van der Waals surface area contributed by atoms with Crippen LogP contribution in [0.15, 0.2) is 36.5 Å². The molecule has 3 N–H and O–H groups in total. The lowest BCUT2D eigenvalue weighted by molar-refractivity contribution is -0.123. The number of aromatic amines is 1. The number of hydrogen-bond acceptors (Lipinski definition) is 6. The third-order valence-corrected chi connectivity index (χ3v) is 3.04. The molecule has 3 rings (SSSR count). The Hall–Kier alpha value is -3.49. The van der Waals surface area contributed by atoms with Gasteiger partial charge in [0.15, 0.2) is 18.1 Å². The number of carbonyl (C=O) groups is 3. The zero-order valence-electron chi connectivity index (χ0n) is 12.3. The van der Waals surface area contributed by atoms with Gasteiger partial charge in [-0.25, -0.2) is 9.59 Å². The van der Waals surface area contributed by atoms with Crippen molar-refractivity contribution in [2.24, 2.45) is 0 Å². The number of H-pyrrole nitrogens is 1. The van der Waals surface area contributed by atoms with Crippen LogP contribution in [0.25, 0.3) is 0 Å². The summed E-state index contributed by atoms with van der Waals surface area (Å²) in [4.78, 5) is 37.5. The monoisotopic (exact) mass is 331 g/mol. The molecule has 3 amide bonds. The molecule has 24 heavy (non-hydrogen) atoms. The van der Waals surface area contributed by atoms with Crippen molar-refractivity contribution in [1.29, 1.82) is 0 Å². The maximum atomic E-state index is 11.7. The van der Waals surface area contributed by atoms with E-state index in [2.05, 4.69) is 10.3 Å². The Balaban J connectivity index is 1.46. The molecule has 0 atom stereocenters. The van der Waals surface area contributed by atoms with E-state index in [4.69, 9.17) is 14.2 Å². The first-order chi connectivity index (χ1) is 11.6. The fourth-order valence-electron chi connectivity index (χ4n) is 1.97. The molecule has 0 saturated carbocycles. The van der Waals surface area contributed by atoms with Gasteiger partial charge in [0.05, 0.1) is 0 Å². The zero-order chi connectivity index (χ0) is 16.9. The standard InChI is InChI=1S/C15H13N3O6/c19-13(7-22-14(20)10-2-1-5-16-10)18-15(21)17-9-3-4-11-12(6-9)24-8-23-11/h1-6,16H,7-8H2,(H2,17,18,19,21). The number of esters is 1.